The van der Waals surface area contributed by atoms with Gasteiger partial charge in [-0.2, -0.15) is 0 Å². The van der Waals surface area contributed by atoms with Crippen LogP contribution >= 0.6 is 11.6 Å². The van der Waals surface area contributed by atoms with Crippen molar-refractivity contribution in [3.8, 4) is 11.5 Å². The van der Waals surface area contributed by atoms with Crippen LogP contribution in [-0.2, 0) is 6.42 Å². The molecule has 4 heteroatoms. The van der Waals surface area contributed by atoms with Crippen LogP contribution in [0.15, 0.2) is 6.07 Å². The smallest absolute Gasteiger partial charge is 0.179 e. The molecule has 100 valence electrons. The monoisotopic (exact) mass is 269 g/mol. The second-order valence-electron chi connectivity index (χ2n) is 4.72. The molecule has 1 aromatic rings. The highest BCUT2D eigenvalue weighted by Gasteiger charge is 2.22. The lowest BCUT2D eigenvalue weighted by molar-refractivity contribution is 0.350. The molecule has 1 aliphatic heterocycles. The van der Waals surface area contributed by atoms with Gasteiger partial charge in [-0.15, -0.1) is 0 Å². The molecule has 1 heterocycles. The Morgan fingerprint density at radius 2 is 2.06 bits per heavy atom. The summed E-state index contributed by atoms with van der Waals surface area (Å²) in [5.41, 5.74) is 2.35. The molecule has 0 aliphatic carbocycles. The highest BCUT2D eigenvalue weighted by molar-refractivity contribution is 6.32. The largest absolute Gasteiger partial charge is 0.493 e. The van der Waals surface area contributed by atoms with Crippen molar-refractivity contribution >= 4 is 11.6 Å². The van der Waals surface area contributed by atoms with Gasteiger partial charge in [-0.25, -0.2) is 0 Å². The van der Waals surface area contributed by atoms with Crippen molar-refractivity contribution in [2.24, 2.45) is 0 Å². The molecule has 0 saturated carbocycles. The van der Waals surface area contributed by atoms with E-state index in [0.717, 1.165) is 24.3 Å². The van der Waals surface area contributed by atoms with Crippen LogP contribution in [0.3, 0.4) is 0 Å². The lowest BCUT2D eigenvalue weighted by Crippen LogP contribution is -2.24. The van der Waals surface area contributed by atoms with Crippen molar-refractivity contribution in [3.05, 3.63) is 22.2 Å². The van der Waals surface area contributed by atoms with E-state index in [9.17, 15) is 0 Å². The zero-order valence-electron chi connectivity index (χ0n) is 11.2. The summed E-state index contributed by atoms with van der Waals surface area (Å²) < 4.78 is 10.9. The molecule has 2 rings (SSSR count). The van der Waals surface area contributed by atoms with Gasteiger partial charge in [0.25, 0.3) is 0 Å². The fourth-order valence-electron chi connectivity index (χ4n) is 2.60. The Morgan fingerprint density at radius 1 is 1.33 bits per heavy atom. The van der Waals surface area contributed by atoms with Gasteiger partial charge in [0.05, 0.1) is 19.2 Å². The SMILES string of the molecule is COc1c(Cl)cc(C)c(CC2CCCN2)c1OC. The van der Waals surface area contributed by atoms with Gasteiger partial charge in [-0.3, -0.25) is 0 Å². The minimum absolute atomic E-state index is 0.531. The molecule has 1 unspecified atom stereocenters. The Labute approximate surface area is 113 Å². The molecule has 0 bridgehead atoms. The summed E-state index contributed by atoms with van der Waals surface area (Å²) in [6, 6.07) is 2.48. The normalized spacial score (nSPS) is 19.0. The van der Waals surface area contributed by atoms with E-state index in [-0.39, 0.29) is 0 Å². The number of rotatable bonds is 4. The maximum atomic E-state index is 6.18. The lowest BCUT2D eigenvalue weighted by atomic mass is 9.98. The topological polar surface area (TPSA) is 30.5 Å². The predicted octanol–water partition coefficient (Wildman–Crippen LogP) is 2.96. The first-order chi connectivity index (χ1) is 8.67. The van der Waals surface area contributed by atoms with E-state index >= 15 is 0 Å². The number of halogens is 1. The number of ether oxygens (including phenoxy) is 2. The van der Waals surface area contributed by atoms with Crippen LogP contribution in [0.1, 0.15) is 24.0 Å². The van der Waals surface area contributed by atoms with E-state index in [1.54, 1.807) is 14.2 Å². The molecule has 1 atom stereocenters. The number of hydrogen-bond acceptors (Lipinski definition) is 3. The lowest BCUT2D eigenvalue weighted by Gasteiger charge is -2.19. The Hall–Kier alpha value is -0.930. The van der Waals surface area contributed by atoms with Gasteiger partial charge in [0, 0.05) is 11.6 Å². The minimum atomic E-state index is 0.531. The van der Waals surface area contributed by atoms with Crippen LogP contribution in [0.5, 0.6) is 11.5 Å². The molecule has 1 saturated heterocycles. The fraction of sp³-hybridized carbons (Fsp3) is 0.571. The van der Waals surface area contributed by atoms with Crippen molar-refractivity contribution < 1.29 is 9.47 Å². The van der Waals surface area contributed by atoms with Crippen molar-refractivity contribution in [1.82, 2.24) is 5.32 Å². The molecular formula is C14H20ClNO2. The molecule has 1 aliphatic rings. The summed E-state index contributed by atoms with van der Waals surface area (Å²) in [7, 11) is 3.29. The number of benzene rings is 1. The Bertz CT molecular complexity index is 428. The van der Waals surface area contributed by atoms with Gasteiger partial charge < -0.3 is 14.8 Å². The average Bonchev–Trinajstić information content (AvgIpc) is 2.84. The summed E-state index contributed by atoms with van der Waals surface area (Å²) >= 11 is 6.18. The summed E-state index contributed by atoms with van der Waals surface area (Å²) in [6.07, 6.45) is 3.42. The van der Waals surface area contributed by atoms with Gasteiger partial charge in [0.15, 0.2) is 11.5 Å². The van der Waals surface area contributed by atoms with Gasteiger partial charge >= 0.3 is 0 Å². The van der Waals surface area contributed by atoms with Crippen LogP contribution < -0.4 is 14.8 Å². The zero-order valence-corrected chi connectivity index (χ0v) is 11.9. The van der Waals surface area contributed by atoms with Crippen molar-refractivity contribution in [2.45, 2.75) is 32.2 Å². The molecule has 1 fully saturated rings. The summed E-state index contributed by atoms with van der Waals surface area (Å²) in [4.78, 5) is 0. The Kier molecular flexibility index (Phi) is 4.36. The van der Waals surface area contributed by atoms with Crippen LogP contribution in [0.4, 0.5) is 0 Å². The Morgan fingerprint density at radius 3 is 2.61 bits per heavy atom. The molecule has 1 aromatic carbocycles. The molecule has 0 radical (unpaired) electrons. The zero-order chi connectivity index (χ0) is 13.1. The van der Waals surface area contributed by atoms with Crippen LogP contribution in [-0.4, -0.2) is 26.8 Å². The molecule has 0 amide bonds. The van der Waals surface area contributed by atoms with E-state index in [2.05, 4.69) is 12.2 Å². The van der Waals surface area contributed by atoms with E-state index in [0.29, 0.717) is 16.8 Å². The number of methoxy groups -OCH3 is 2. The first kappa shape index (κ1) is 13.5. The number of hydrogen-bond donors (Lipinski definition) is 1. The van der Waals surface area contributed by atoms with Gasteiger partial charge in [-0.05, 0) is 44.4 Å². The third-order valence-corrected chi connectivity index (χ3v) is 3.82. The van der Waals surface area contributed by atoms with E-state index in [4.69, 9.17) is 21.1 Å². The first-order valence-electron chi connectivity index (χ1n) is 6.30. The van der Waals surface area contributed by atoms with Crippen LogP contribution in [0.2, 0.25) is 5.02 Å². The van der Waals surface area contributed by atoms with Crippen molar-refractivity contribution in [3.63, 3.8) is 0 Å². The number of aryl methyl sites for hydroxylation is 1. The molecule has 0 aromatic heterocycles. The summed E-state index contributed by atoms with van der Waals surface area (Å²) in [5.74, 6) is 1.41. The van der Waals surface area contributed by atoms with E-state index < -0.39 is 0 Å². The van der Waals surface area contributed by atoms with E-state index in [1.165, 1.54) is 18.4 Å². The van der Waals surface area contributed by atoms with E-state index in [1.807, 2.05) is 6.07 Å². The summed E-state index contributed by atoms with van der Waals surface area (Å²) in [6.45, 7) is 3.18. The molecular weight excluding hydrogens is 250 g/mol. The van der Waals surface area contributed by atoms with Crippen LogP contribution in [0, 0.1) is 6.92 Å². The first-order valence-corrected chi connectivity index (χ1v) is 6.68. The Balaban J connectivity index is 2.37. The van der Waals surface area contributed by atoms with Crippen molar-refractivity contribution in [1.29, 1.82) is 0 Å². The number of nitrogens with one attached hydrogen (secondary N) is 1. The maximum Gasteiger partial charge on any atom is 0.179 e. The van der Waals surface area contributed by atoms with Crippen LogP contribution in [0.25, 0.3) is 0 Å². The molecule has 1 N–H and O–H groups in total. The summed E-state index contributed by atoms with van der Waals surface area (Å²) in [5, 5.41) is 4.11. The second kappa shape index (κ2) is 5.81. The maximum absolute atomic E-state index is 6.18. The standard InChI is InChI=1S/C14H20ClNO2/c1-9-7-12(15)14(18-3)13(17-2)11(9)8-10-5-4-6-16-10/h7,10,16H,4-6,8H2,1-3H3. The van der Waals surface area contributed by atoms with Gasteiger partial charge in [-0.1, -0.05) is 11.6 Å². The molecule has 18 heavy (non-hydrogen) atoms. The highest BCUT2D eigenvalue weighted by Crippen LogP contribution is 2.40. The predicted molar refractivity (Wildman–Crippen MR) is 74.0 cm³/mol. The third-order valence-electron chi connectivity index (χ3n) is 3.54. The second-order valence-corrected chi connectivity index (χ2v) is 5.12. The third kappa shape index (κ3) is 2.57. The van der Waals surface area contributed by atoms with Gasteiger partial charge in [0.2, 0.25) is 0 Å². The van der Waals surface area contributed by atoms with Gasteiger partial charge in [0.1, 0.15) is 0 Å². The fourth-order valence-corrected chi connectivity index (χ4v) is 2.93. The molecule has 3 nitrogen and oxygen atoms in total. The quantitative estimate of drug-likeness (QED) is 0.912. The van der Waals surface area contributed by atoms with Crippen molar-refractivity contribution in [2.75, 3.05) is 20.8 Å². The molecule has 0 spiro atoms. The minimum Gasteiger partial charge on any atom is -0.493 e. The average molecular weight is 270 g/mol. The highest BCUT2D eigenvalue weighted by atomic mass is 35.5.